The van der Waals surface area contributed by atoms with Crippen LogP contribution in [0.2, 0.25) is 0 Å². The Morgan fingerprint density at radius 2 is 1.59 bits per heavy atom. The van der Waals surface area contributed by atoms with E-state index in [0.29, 0.717) is 12.1 Å². The highest BCUT2D eigenvalue weighted by molar-refractivity contribution is 8.45. The maximum atomic E-state index is 12.3. The largest absolute Gasteiger partial charge is 0.316 e. The second-order valence-corrected chi connectivity index (χ2v) is 5.56. The average molecular weight is 277 g/mol. The Labute approximate surface area is 97.7 Å². The van der Waals surface area contributed by atoms with Crippen molar-refractivity contribution in [3.05, 3.63) is 29.8 Å². The lowest BCUT2D eigenvalue weighted by Crippen LogP contribution is -2.09. The fourth-order valence-electron chi connectivity index (χ4n) is 1.10. The molecular formula is C10H16F5NS. The number of hydrogen-bond acceptors (Lipinski definition) is 1. The van der Waals surface area contributed by atoms with E-state index in [4.69, 9.17) is 0 Å². The molecule has 1 N–H and O–H groups in total. The Hall–Kier alpha value is -0.820. The lowest BCUT2D eigenvalue weighted by Gasteiger charge is -2.40. The van der Waals surface area contributed by atoms with Crippen LogP contribution in [-0.4, -0.2) is 7.05 Å². The maximum absolute atomic E-state index is 12.3. The number of hydrogen-bond donors (Lipinski definition) is 1. The van der Waals surface area contributed by atoms with Crippen LogP contribution in [0, 0.1) is 0 Å². The molecule has 7 heteroatoms. The summed E-state index contributed by atoms with van der Waals surface area (Å²) in [6, 6.07) is 3.18. The van der Waals surface area contributed by atoms with E-state index in [-0.39, 0.29) is 12.1 Å². The van der Waals surface area contributed by atoms with Gasteiger partial charge in [0.15, 0.2) is 0 Å². The predicted molar refractivity (Wildman–Crippen MR) is 62.0 cm³/mol. The minimum absolute atomic E-state index is 0.113. The highest BCUT2D eigenvalue weighted by atomic mass is 32.5. The lowest BCUT2D eigenvalue weighted by molar-refractivity contribution is 0.364. The summed E-state index contributed by atoms with van der Waals surface area (Å²) in [6.07, 6.45) is 0. The first-order valence-electron chi connectivity index (χ1n) is 5.00. The smallest absolute Gasteiger partial charge is 0.310 e. The van der Waals surface area contributed by atoms with Gasteiger partial charge in [0.1, 0.15) is 4.90 Å². The molecule has 1 aromatic rings. The van der Waals surface area contributed by atoms with Gasteiger partial charge in [-0.25, -0.2) is 0 Å². The van der Waals surface area contributed by atoms with Crippen molar-refractivity contribution in [1.29, 1.82) is 0 Å². The fraction of sp³-hybridized carbons (Fsp3) is 0.400. The van der Waals surface area contributed by atoms with Gasteiger partial charge < -0.3 is 5.32 Å². The van der Waals surface area contributed by atoms with Gasteiger partial charge in [-0.3, -0.25) is 0 Å². The third-order valence-electron chi connectivity index (χ3n) is 1.72. The number of nitrogens with one attached hydrogen (secondary N) is 1. The molecule has 0 fully saturated rings. The topological polar surface area (TPSA) is 12.0 Å². The van der Waals surface area contributed by atoms with E-state index in [9.17, 15) is 19.4 Å². The molecule has 0 spiro atoms. The van der Waals surface area contributed by atoms with Crippen LogP contribution in [0.15, 0.2) is 29.2 Å². The molecule has 0 atom stereocenters. The predicted octanol–water partition coefficient (Wildman–Crippen LogP) is 5.09. The van der Waals surface area contributed by atoms with Gasteiger partial charge in [0.25, 0.3) is 0 Å². The minimum atomic E-state index is -9.52. The zero-order chi connectivity index (χ0) is 13.8. The molecule has 0 aromatic heterocycles. The van der Waals surface area contributed by atoms with Crippen LogP contribution in [0.4, 0.5) is 19.4 Å². The van der Waals surface area contributed by atoms with Gasteiger partial charge in [-0.15, -0.1) is 0 Å². The van der Waals surface area contributed by atoms with Crippen molar-refractivity contribution in [2.24, 2.45) is 0 Å². The molecule has 102 valence electrons. The van der Waals surface area contributed by atoms with Gasteiger partial charge in [0.2, 0.25) is 0 Å². The molecule has 0 aliphatic heterocycles. The van der Waals surface area contributed by atoms with E-state index < -0.39 is 15.1 Å². The standard InChI is InChI=1S/C8H10F5NS.C2H6/c1-14-6-7-3-2-4-8(5-7)15(9,10,11,12)13;1-2/h2-5,14H,6H2,1H3;1-2H3. The summed E-state index contributed by atoms with van der Waals surface area (Å²) in [7, 11) is -8.00. The first-order valence-corrected chi connectivity index (χ1v) is 6.96. The first-order chi connectivity index (χ1) is 7.53. The van der Waals surface area contributed by atoms with E-state index in [2.05, 4.69) is 5.32 Å². The molecule has 1 aromatic carbocycles. The van der Waals surface area contributed by atoms with Crippen molar-refractivity contribution in [1.82, 2.24) is 5.32 Å². The summed E-state index contributed by atoms with van der Waals surface area (Å²) in [4.78, 5) is -1.84. The second kappa shape index (κ2) is 4.45. The minimum Gasteiger partial charge on any atom is -0.316 e. The molecule has 0 saturated carbocycles. The quantitative estimate of drug-likeness (QED) is 0.759. The fourth-order valence-corrected chi connectivity index (χ4v) is 1.81. The van der Waals surface area contributed by atoms with E-state index in [1.807, 2.05) is 13.8 Å². The van der Waals surface area contributed by atoms with Crippen molar-refractivity contribution in [2.45, 2.75) is 25.3 Å². The summed E-state index contributed by atoms with van der Waals surface area (Å²) in [5, 5.41) is 2.59. The molecule has 0 heterocycles. The van der Waals surface area contributed by atoms with Gasteiger partial charge in [-0.2, -0.15) is 0 Å². The molecule has 1 rings (SSSR count). The van der Waals surface area contributed by atoms with Crippen LogP contribution in [0.25, 0.3) is 0 Å². The molecule has 0 amide bonds. The van der Waals surface area contributed by atoms with Crippen LogP contribution < -0.4 is 5.32 Å². The maximum Gasteiger partial charge on any atom is 0.310 e. The molecule has 0 aliphatic rings. The van der Waals surface area contributed by atoms with Crippen LogP contribution in [0.3, 0.4) is 0 Å². The van der Waals surface area contributed by atoms with E-state index in [1.165, 1.54) is 13.1 Å². The molecule has 0 radical (unpaired) electrons. The van der Waals surface area contributed by atoms with Crippen molar-refractivity contribution >= 4 is 10.2 Å². The summed E-state index contributed by atoms with van der Waals surface area (Å²) in [5.41, 5.74) is 0.170. The van der Waals surface area contributed by atoms with Gasteiger partial charge in [-0.05, 0) is 24.7 Å². The zero-order valence-electron chi connectivity index (χ0n) is 9.81. The van der Waals surface area contributed by atoms with Gasteiger partial charge >= 0.3 is 10.2 Å². The van der Waals surface area contributed by atoms with Crippen LogP contribution in [0.5, 0.6) is 0 Å². The van der Waals surface area contributed by atoms with Crippen LogP contribution >= 0.6 is 10.2 Å². The monoisotopic (exact) mass is 277 g/mol. The first kappa shape index (κ1) is 16.2. The summed E-state index contributed by atoms with van der Waals surface area (Å²) in [6.45, 7) is 4.11. The lowest BCUT2D eigenvalue weighted by atomic mass is 10.2. The van der Waals surface area contributed by atoms with Gasteiger partial charge in [0, 0.05) is 6.54 Å². The number of benzene rings is 1. The summed E-state index contributed by atoms with van der Waals surface area (Å²) in [5.74, 6) is 0. The highest BCUT2D eigenvalue weighted by Crippen LogP contribution is 3.02. The second-order valence-electron chi connectivity index (χ2n) is 3.15. The Kier molecular flexibility index (Phi) is 4.24. The molecular weight excluding hydrogens is 261 g/mol. The Morgan fingerprint density at radius 3 is 2.00 bits per heavy atom. The van der Waals surface area contributed by atoms with Crippen molar-refractivity contribution < 1.29 is 19.4 Å². The molecule has 0 aliphatic carbocycles. The molecule has 0 bridgehead atoms. The van der Waals surface area contributed by atoms with Crippen molar-refractivity contribution in [3.63, 3.8) is 0 Å². The van der Waals surface area contributed by atoms with Gasteiger partial charge in [-0.1, -0.05) is 45.4 Å². The van der Waals surface area contributed by atoms with Crippen molar-refractivity contribution in [2.75, 3.05) is 7.05 Å². The SMILES string of the molecule is CC.CNCc1cccc(S(F)(F)(F)(F)F)c1. The van der Waals surface area contributed by atoms with E-state index >= 15 is 0 Å². The summed E-state index contributed by atoms with van der Waals surface area (Å²) < 4.78 is 61.7. The van der Waals surface area contributed by atoms with Gasteiger partial charge in [0.05, 0.1) is 0 Å². The zero-order valence-corrected chi connectivity index (χ0v) is 10.6. The highest BCUT2D eigenvalue weighted by Gasteiger charge is 2.65. The molecule has 0 unspecified atom stereocenters. The molecule has 0 saturated heterocycles. The Balaban J connectivity index is 0.00000121. The Bertz CT molecular complexity index is 373. The number of halogens is 5. The third-order valence-corrected chi connectivity index (χ3v) is 2.87. The van der Waals surface area contributed by atoms with E-state index in [1.54, 1.807) is 0 Å². The third kappa shape index (κ3) is 5.36. The van der Waals surface area contributed by atoms with E-state index in [0.717, 1.165) is 6.07 Å². The van der Waals surface area contributed by atoms with Crippen molar-refractivity contribution in [3.8, 4) is 0 Å². The number of rotatable bonds is 3. The van der Waals surface area contributed by atoms with Crippen LogP contribution in [0.1, 0.15) is 19.4 Å². The molecule has 17 heavy (non-hydrogen) atoms. The normalized spacial score (nSPS) is 15.3. The Morgan fingerprint density at radius 1 is 1.06 bits per heavy atom. The van der Waals surface area contributed by atoms with Crippen LogP contribution in [-0.2, 0) is 6.54 Å². The average Bonchev–Trinajstić information content (AvgIpc) is 2.18. The summed E-state index contributed by atoms with van der Waals surface area (Å²) >= 11 is 0. The molecule has 1 nitrogen and oxygen atoms in total.